The van der Waals surface area contributed by atoms with E-state index in [4.69, 9.17) is 14.2 Å². The first-order valence-electron chi connectivity index (χ1n) is 4.93. The molecular weight excluding hydrogens is 210 g/mol. The highest BCUT2D eigenvalue weighted by Gasteiger charge is 2.28. The second-order valence-corrected chi connectivity index (χ2v) is 3.85. The third-order valence-corrected chi connectivity index (χ3v) is 2.00. The van der Waals surface area contributed by atoms with Gasteiger partial charge in [0.2, 0.25) is 5.79 Å². The summed E-state index contributed by atoms with van der Waals surface area (Å²) in [6.45, 7) is 3.63. The molecule has 5 nitrogen and oxygen atoms in total. The average Bonchev–Trinajstić information content (AvgIpc) is 2.83. The van der Waals surface area contributed by atoms with E-state index in [1.807, 2.05) is 0 Å². The van der Waals surface area contributed by atoms with Crippen LogP contribution < -0.4 is 0 Å². The molecule has 0 saturated carbocycles. The van der Waals surface area contributed by atoms with Gasteiger partial charge in [-0.2, -0.15) is 0 Å². The molecule has 0 aromatic carbocycles. The van der Waals surface area contributed by atoms with Crippen LogP contribution >= 0.6 is 0 Å². The summed E-state index contributed by atoms with van der Waals surface area (Å²) in [5, 5.41) is 0. The molecule has 0 aliphatic carbocycles. The van der Waals surface area contributed by atoms with Crippen molar-refractivity contribution in [3.05, 3.63) is 36.5 Å². The Hall–Kier alpha value is -1.91. The topological polar surface area (TPSA) is 49.7 Å². The summed E-state index contributed by atoms with van der Waals surface area (Å²) in [5.74, 6) is -0.166. The molecule has 5 heteroatoms. The van der Waals surface area contributed by atoms with Crippen LogP contribution in [0.1, 0.15) is 13.8 Å². The summed E-state index contributed by atoms with van der Waals surface area (Å²) in [6, 6.07) is 3.50. The first kappa shape index (κ1) is 10.6. The van der Waals surface area contributed by atoms with Gasteiger partial charge < -0.3 is 14.2 Å². The van der Waals surface area contributed by atoms with Crippen LogP contribution in [0.3, 0.4) is 0 Å². The first-order chi connectivity index (χ1) is 7.57. The summed E-state index contributed by atoms with van der Waals surface area (Å²) in [7, 11) is 0. The maximum atomic E-state index is 11.4. The van der Waals surface area contributed by atoms with Crippen LogP contribution in [0, 0.1) is 0 Å². The molecule has 16 heavy (non-hydrogen) atoms. The molecule has 1 aromatic heterocycles. The van der Waals surface area contributed by atoms with E-state index in [2.05, 4.69) is 0 Å². The maximum absolute atomic E-state index is 11.4. The Balaban J connectivity index is 1.83. The molecule has 1 aliphatic heterocycles. The number of carbonyl (C=O) groups excluding carboxylic acids is 1. The summed E-state index contributed by atoms with van der Waals surface area (Å²) in [5.41, 5.74) is 0. The van der Waals surface area contributed by atoms with Crippen molar-refractivity contribution < 1.29 is 19.0 Å². The van der Waals surface area contributed by atoms with E-state index in [1.54, 1.807) is 38.4 Å². The van der Waals surface area contributed by atoms with E-state index in [0.717, 1.165) is 0 Å². The Morgan fingerprint density at radius 1 is 1.44 bits per heavy atom. The Bertz CT molecular complexity index is 406. The van der Waals surface area contributed by atoms with Crippen molar-refractivity contribution in [2.45, 2.75) is 19.6 Å². The standard InChI is InChI=1S/C11H13NO4/c1-11(2)15-8-9(16-11)7-14-10(13)12-5-3-4-6-12/h3-6,8H,7H2,1-2H3. The Morgan fingerprint density at radius 3 is 2.69 bits per heavy atom. The van der Waals surface area contributed by atoms with E-state index < -0.39 is 11.9 Å². The highest BCUT2D eigenvalue weighted by molar-refractivity contribution is 5.70. The fraction of sp³-hybridized carbons (Fsp3) is 0.364. The largest absolute Gasteiger partial charge is 0.457 e. The molecule has 0 bridgehead atoms. The van der Waals surface area contributed by atoms with Crippen LogP contribution in [-0.2, 0) is 14.2 Å². The number of carbonyl (C=O) groups is 1. The molecule has 0 unspecified atom stereocenters. The van der Waals surface area contributed by atoms with Crippen LogP contribution in [-0.4, -0.2) is 23.1 Å². The minimum absolute atomic E-state index is 0.0699. The monoisotopic (exact) mass is 223 g/mol. The van der Waals surface area contributed by atoms with Crippen molar-refractivity contribution in [1.82, 2.24) is 4.57 Å². The van der Waals surface area contributed by atoms with E-state index in [0.29, 0.717) is 5.76 Å². The minimum Gasteiger partial charge on any atom is -0.457 e. The zero-order chi connectivity index (χ0) is 11.6. The highest BCUT2D eigenvalue weighted by Crippen LogP contribution is 2.24. The predicted octanol–water partition coefficient (Wildman–Crippen LogP) is 2.10. The zero-order valence-electron chi connectivity index (χ0n) is 9.17. The van der Waals surface area contributed by atoms with E-state index >= 15 is 0 Å². The van der Waals surface area contributed by atoms with Gasteiger partial charge in [-0.3, -0.25) is 4.57 Å². The van der Waals surface area contributed by atoms with Crippen molar-refractivity contribution in [3.63, 3.8) is 0 Å². The van der Waals surface area contributed by atoms with E-state index in [9.17, 15) is 4.79 Å². The SMILES string of the molecule is CC1(C)OC=C(COC(=O)n2cccc2)O1. The van der Waals surface area contributed by atoms with Gasteiger partial charge in [0.25, 0.3) is 0 Å². The molecule has 2 rings (SSSR count). The Labute approximate surface area is 93.2 Å². The molecule has 0 spiro atoms. The van der Waals surface area contributed by atoms with Crippen LogP contribution in [0.2, 0.25) is 0 Å². The first-order valence-corrected chi connectivity index (χ1v) is 4.93. The van der Waals surface area contributed by atoms with Crippen molar-refractivity contribution in [3.8, 4) is 0 Å². The number of hydrogen-bond donors (Lipinski definition) is 0. The van der Waals surface area contributed by atoms with Crippen LogP contribution in [0.15, 0.2) is 36.5 Å². The fourth-order valence-corrected chi connectivity index (χ4v) is 1.30. The molecule has 1 aromatic rings. The molecule has 0 atom stereocenters. The quantitative estimate of drug-likeness (QED) is 0.770. The van der Waals surface area contributed by atoms with E-state index in [-0.39, 0.29) is 6.61 Å². The van der Waals surface area contributed by atoms with Gasteiger partial charge in [-0.1, -0.05) is 0 Å². The number of nitrogens with zero attached hydrogens (tertiary/aromatic N) is 1. The molecule has 0 amide bonds. The molecule has 2 heterocycles. The summed E-state index contributed by atoms with van der Waals surface area (Å²) >= 11 is 0. The van der Waals surface area contributed by atoms with E-state index in [1.165, 1.54) is 10.8 Å². The van der Waals surface area contributed by atoms with Gasteiger partial charge in [0.15, 0.2) is 12.4 Å². The molecule has 0 fully saturated rings. The van der Waals surface area contributed by atoms with Crippen molar-refractivity contribution in [2.75, 3.05) is 6.61 Å². The Morgan fingerprint density at radius 2 is 2.12 bits per heavy atom. The summed E-state index contributed by atoms with van der Waals surface area (Å²) in [4.78, 5) is 11.4. The van der Waals surface area contributed by atoms with Crippen LogP contribution in [0.5, 0.6) is 0 Å². The Kier molecular flexibility index (Phi) is 2.60. The fourth-order valence-electron chi connectivity index (χ4n) is 1.30. The number of ether oxygens (including phenoxy) is 3. The third kappa shape index (κ3) is 2.36. The van der Waals surface area contributed by atoms with Gasteiger partial charge in [-0.15, -0.1) is 0 Å². The zero-order valence-corrected chi connectivity index (χ0v) is 9.17. The number of aromatic nitrogens is 1. The molecule has 86 valence electrons. The van der Waals surface area contributed by atoms with Gasteiger partial charge in [-0.25, -0.2) is 4.79 Å². The minimum atomic E-state index is -0.671. The highest BCUT2D eigenvalue weighted by atomic mass is 16.7. The molecule has 0 saturated heterocycles. The average molecular weight is 223 g/mol. The lowest BCUT2D eigenvalue weighted by Gasteiger charge is -2.18. The second kappa shape index (κ2) is 3.92. The van der Waals surface area contributed by atoms with Crippen molar-refractivity contribution >= 4 is 6.09 Å². The normalized spacial score (nSPS) is 17.2. The molecule has 0 N–H and O–H groups in total. The molecule has 1 aliphatic rings. The van der Waals surface area contributed by atoms with Crippen LogP contribution in [0.4, 0.5) is 4.79 Å². The number of hydrogen-bond acceptors (Lipinski definition) is 4. The van der Waals surface area contributed by atoms with Gasteiger partial charge in [0.05, 0.1) is 0 Å². The smallest absolute Gasteiger partial charge is 0.418 e. The molecular formula is C11H13NO4. The van der Waals surface area contributed by atoms with Gasteiger partial charge >= 0.3 is 6.09 Å². The maximum Gasteiger partial charge on any atom is 0.418 e. The predicted molar refractivity (Wildman–Crippen MR) is 55.5 cm³/mol. The lowest BCUT2D eigenvalue weighted by Crippen LogP contribution is -2.21. The lowest BCUT2D eigenvalue weighted by atomic mass is 10.4. The van der Waals surface area contributed by atoms with Gasteiger partial charge in [-0.05, 0) is 12.1 Å². The summed E-state index contributed by atoms with van der Waals surface area (Å²) in [6.07, 6.45) is 4.25. The lowest BCUT2D eigenvalue weighted by molar-refractivity contribution is -0.120. The third-order valence-electron chi connectivity index (χ3n) is 2.00. The second-order valence-electron chi connectivity index (χ2n) is 3.85. The van der Waals surface area contributed by atoms with Gasteiger partial charge in [0, 0.05) is 26.2 Å². The summed E-state index contributed by atoms with van der Waals surface area (Å²) < 4.78 is 16.9. The van der Waals surface area contributed by atoms with Crippen molar-refractivity contribution in [1.29, 1.82) is 0 Å². The molecule has 0 radical (unpaired) electrons. The van der Waals surface area contributed by atoms with Crippen LogP contribution in [0.25, 0.3) is 0 Å². The van der Waals surface area contributed by atoms with Crippen molar-refractivity contribution in [2.24, 2.45) is 0 Å². The van der Waals surface area contributed by atoms with Gasteiger partial charge in [0.1, 0.15) is 6.26 Å². The number of rotatable bonds is 2.